The Bertz CT molecular complexity index is 904. The van der Waals surface area contributed by atoms with Gasteiger partial charge in [-0.3, -0.25) is 4.79 Å². The lowest BCUT2D eigenvalue weighted by molar-refractivity contribution is -0.126. The third kappa shape index (κ3) is 3.28. The van der Waals surface area contributed by atoms with Crippen LogP contribution in [-0.4, -0.2) is 25.8 Å². The van der Waals surface area contributed by atoms with Crippen molar-refractivity contribution >= 4 is 5.91 Å². The molecule has 0 saturated carbocycles. The topological polar surface area (TPSA) is 85.8 Å². The highest BCUT2D eigenvalue weighted by Gasteiger charge is 2.25. The third-order valence-electron chi connectivity index (χ3n) is 4.29. The van der Waals surface area contributed by atoms with E-state index in [9.17, 15) is 9.18 Å². The van der Waals surface area contributed by atoms with Crippen LogP contribution in [0.1, 0.15) is 18.0 Å². The van der Waals surface area contributed by atoms with E-state index >= 15 is 0 Å². The van der Waals surface area contributed by atoms with Gasteiger partial charge in [-0.25, -0.2) is 14.1 Å². The fourth-order valence-electron chi connectivity index (χ4n) is 2.95. The van der Waals surface area contributed by atoms with Crippen LogP contribution < -0.4 is 5.32 Å². The number of rotatable bonds is 4. The normalized spacial score (nSPS) is 16.4. The summed E-state index contributed by atoms with van der Waals surface area (Å²) in [6, 6.07) is 7.82. The minimum Gasteiger partial charge on any atom is -0.359 e. The molecule has 25 heavy (non-hydrogen) atoms. The second-order valence-corrected chi connectivity index (χ2v) is 6.00. The lowest BCUT2D eigenvalue weighted by atomic mass is 9.99. The van der Waals surface area contributed by atoms with Crippen molar-refractivity contribution < 1.29 is 13.7 Å². The third-order valence-corrected chi connectivity index (χ3v) is 4.29. The molecule has 0 fully saturated rings. The van der Waals surface area contributed by atoms with E-state index in [-0.39, 0.29) is 24.2 Å². The van der Waals surface area contributed by atoms with Gasteiger partial charge in [0.2, 0.25) is 5.91 Å². The molecule has 2 aromatic heterocycles. The monoisotopic (exact) mass is 341 g/mol. The average Bonchev–Trinajstić information content (AvgIpc) is 3.28. The second-order valence-electron chi connectivity index (χ2n) is 6.00. The van der Waals surface area contributed by atoms with Crippen LogP contribution in [0.5, 0.6) is 0 Å². The van der Waals surface area contributed by atoms with E-state index < -0.39 is 0 Å². The lowest BCUT2D eigenvalue weighted by Crippen LogP contribution is -2.36. The van der Waals surface area contributed by atoms with Gasteiger partial charge in [-0.05, 0) is 18.6 Å². The van der Waals surface area contributed by atoms with Crippen LogP contribution in [0.2, 0.25) is 0 Å². The van der Waals surface area contributed by atoms with E-state index in [1.54, 1.807) is 22.9 Å². The Labute approximate surface area is 142 Å². The Balaban J connectivity index is 1.37. The molecule has 1 atom stereocenters. The number of aryl methyl sites for hydroxylation is 1. The highest BCUT2D eigenvalue weighted by molar-refractivity contribution is 5.78. The molecule has 1 aromatic carbocycles. The van der Waals surface area contributed by atoms with Gasteiger partial charge in [0, 0.05) is 18.1 Å². The van der Waals surface area contributed by atoms with Crippen LogP contribution in [0.15, 0.2) is 41.2 Å². The number of carbonyl (C=O) groups is 1. The lowest BCUT2D eigenvalue weighted by Gasteiger charge is -2.21. The van der Waals surface area contributed by atoms with Crippen LogP contribution in [-0.2, 0) is 24.3 Å². The largest absolute Gasteiger partial charge is 0.359 e. The second kappa shape index (κ2) is 6.46. The molecule has 0 saturated heterocycles. The highest BCUT2D eigenvalue weighted by Crippen LogP contribution is 2.21. The van der Waals surface area contributed by atoms with Gasteiger partial charge in [0.25, 0.3) is 0 Å². The molecule has 1 unspecified atom stereocenters. The molecule has 0 spiro atoms. The molecule has 1 aliphatic heterocycles. The molecular formula is C17H16FN5O2. The molecule has 128 valence electrons. The number of nitrogens with zero attached hydrogens (tertiary/aromatic N) is 4. The molecule has 3 heterocycles. The number of aromatic nitrogens is 4. The van der Waals surface area contributed by atoms with Crippen LogP contribution in [0.25, 0.3) is 11.3 Å². The van der Waals surface area contributed by atoms with Gasteiger partial charge >= 0.3 is 0 Å². The summed E-state index contributed by atoms with van der Waals surface area (Å²) in [5.74, 6) is 0.911. The van der Waals surface area contributed by atoms with Crippen LogP contribution in [0.4, 0.5) is 4.39 Å². The fraction of sp³-hybridized carbons (Fsp3) is 0.294. The first-order valence-corrected chi connectivity index (χ1v) is 8.05. The van der Waals surface area contributed by atoms with Crippen molar-refractivity contribution in [2.45, 2.75) is 25.9 Å². The van der Waals surface area contributed by atoms with Gasteiger partial charge in [-0.2, -0.15) is 5.10 Å². The number of carbonyl (C=O) groups excluding carboxylic acids is 1. The van der Waals surface area contributed by atoms with Crippen molar-refractivity contribution in [2.24, 2.45) is 5.92 Å². The Hall–Kier alpha value is -3.03. The van der Waals surface area contributed by atoms with Gasteiger partial charge in [0.15, 0.2) is 5.76 Å². The summed E-state index contributed by atoms with van der Waals surface area (Å²) in [5.41, 5.74) is 1.17. The van der Waals surface area contributed by atoms with Crippen molar-refractivity contribution in [3.63, 3.8) is 0 Å². The maximum Gasteiger partial charge on any atom is 0.225 e. The van der Waals surface area contributed by atoms with E-state index in [4.69, 9.17) is 4.52 Å². The minimum atomic E-state index is -0.333. The number of fused-ring (bicyclic) bond motifs is 1. The quantitative estimate of drug-likeness (QED) is 0.784. The van der Waals surface area contributed by atoms with E-state index in [2.05, 4.69) is 20.6 Å². The SMILES string of the molecule is O=C(NCc1cc(-c2cccc(F)c2)no1)C1CCc2ncnn2C1. The molecule has 1 aliphatic rings. The molecule has 7 nitrogen and oxygen atoms in total. The van der Waals surface area contributed by atoms with E-state index in [1.807, 2.05) is 0 Å². The highest BCUT2D eigenvalue weighted by atomic mass is 19.1. The van der Waals surface area contributed by atoms with Crippen molar-refractivity contribution in [3.05, 3.63) is 54.1 Å². The number of benzene rings is 1. The molecule has 4 rings (SSSR count). The van der Waals surface area contributed by atoms with E-state index in [0.29, 0.717) is 23.6 Å². The average molecular weight is 341 g/mol. The Morgan fingerprint density at radius 1 is 1.40 bits per heavy atom. The first kappa shape index (κ1) is 15.5. The molecule has 3 aromatic rings. The molecule has 1 amide bonds. The maximum atomic E-state index is 13.3. The fourth-order valence-corrected chi connectivity index (χ4v) is 2.95. The van der Waals surface area contributed by atoms with Gasteiger partial charge in [-0.15, -0.1) is 0 Å². The zero-order chi connectivity index (χ0) is 17.2. The van der Waals surface area contributed by atoms with Gasteiger partial charge < -0.3 is 9.84 Å². The number of hydrogen-bond acceptors (Lipinski definition) is 5. The molecule has 1 N–H and O–H groups in total. The summed E-state index contributed by atoms with van der Waals surface area (Å²) in [7, 11) is 0. The van der Waals surface area contributed by atoms with Crippen molar-refractivity contribution in [1.82, 2.24) is 25.2 Å². The predicted molar refractivity (Wildman–Crippen MR) is 85.6 cm³/mol. The summed E-state index contributed by atoms with van der Waals surface area (Å²) < 4.78 is 20.3. The first-order chi connectivity index (χ1) is 12.2. The molecule has 0 aliphatic carbocycles. The summed E-state index contributed by atoms with van der Waals surface area (Å²) in [6.45, 7) is 0.772. The molecular weight excluding hydrogens is 325 g/mol. The minimum absolute atomic E-state index is 0.0511. The van der Waals surface area contributed by atoms with Crippen LogP contribution in [0, 0.1) is 11.7 Å². The number of hydrogen-bond donors (Lipinski definition) is 1. The maximum absolute atomic E-state index is 13.3. The predicted octanol–water partition coefficient (Wildman–Crippen LogP) is 1.95. The van der Waals surface area contributed by atoms with E-state index in [1.165, 1.54) is 18.5 Å². The molecule has 8 heteroatoms. The van der Waals surface area contributed by atoms with Crippen molar-refractivity contribution in [2.75, 3.05) is 0 Å². The summed E-state index contributed by atoms with van der Waals surface area (Å²) in [4.78, 5) is 16.5. The standard InChI is InChI=1S/C17H16FN5O2/c18-13-3-1-2-11(6-13)15-7-14(25-22-15)8-19-17(24)12-4-5-16-20-10-21-23(16)9-12/h1-3,6-7,10,12H,4-5,8-9H2,(H,19,24). The van der Waals surface area contributed by atoms with E-state index in [0.717, 1.165) is 18.7 Å². The van der Waals surface area contributed by atoms with Crippen molar-refractivity contribution in [3.8, 4) is 11.3 Å². The zero-order valence-electron chi connectivity index (χ0n) is 13.4. The smallest absolute Gasteiger partial charge is 0.225 e. The number of halogens is 1. The Morgan fingerprint density at radius 3 is 3.20 bits per heavy atom. The number of nitrogens with one attached hydrogen (secondary N) is 1. The summed E-state index contributed by atoms with van der Waals surface area (Å²) in [5, 5.41) is 10.9. The number of amides is 1. The van der Waals surface area contributed by atoms with Crippen molar-refractivity contribution in [1.29, 1.82) is 0 Å². The summed E-state index contributed by atoms with van der Waals surface area (Å²) >= 11 is 0. The summed E-state index contributed by atoms with van der Waals surface area (Å²) in [6.07, 6.45) is 3.00. The zero-order valence-corrected chi connectivity index (χ0v) is 13.4. The Kier molecular flexibility index (Phi) is 4.01. The van der Waals surface area contributed by atoms with Crippen LogP contribution in [0.3, 0.4) is 0 Å². The van der Waals surface area contributed by atoms with Crippen LogP contribution >= 0.6 is 0 Å². The van der Waals surface area contributed by atoms with Gasteiger partial charge in [0.05, 0.1) is 19.0 Å². The molecule has 0 bridgehead atoms. The Morgan fingerprint density at radius 2 is 2.32 bits per heavy atom. The molecule has 0 radical (unpaired) electrons. The van der Waals surface area contributed by atoms with Gasteiger partial charge in [-0.1, -0.05) is 17.3 Å². The van der Waals surface area contributed by atoms with Gasteiger partial charge in [0.1, 0.15) is 23.7 Å². The first-order valence-electron chi connectivity index (χ1n) is 8.05.